The van der Waals surface area contributed by atoms with Gasteiger partial charge in [-0.1, -0.05) is 61.3 Å². The summed E-state index contributed by atoms with van der Waals surface area (Å²) in [5.74, 6) is -0.410. The molecule has 0 aliphatic carbocycles. The Labute approximate surface area is 321 Å². The van der Waals surface area contributed by atoms with E-state index < -0.39 is 50.6 Å². The molecule has 0 spiro atoms. The van der Waals surface area contributed by atoms with Gasteiger partial charge < -0.3 is 26.6 Å². The first kappa shape index (κ1) is 61.6. The molecule has 0 amide bonds. The molecule has 20 nitrogen and oxygen atoms in total. The van der Waals surface area contributed by atoms with Crippen molar-refractivity contribution in [3.8, 4) is 0 Å². The molecular weight excluding hydrogens is 807 g/mol. The van der Waals surface area contributed by atoms with Gasteiger partial charge in [0.05, 0.1) is 28.8 Å². The van der Waals surface area contributed by atoms with Gasteiger partial charge in [-0.3, -0.25) is 22.8 Å². The Morgan fingerprint density at radius 3 is 1.06 bits per heavy atom. The van der Waals surface area contributed by atoms with Crippen molar-refractivity contribution in [3.05, 3.63) is 0 Å². The van der Waals surface area contributed by atoms with Crippen molar-refractivity contribution in [1.82, 2.24) is 26.6 Å². The summed E-state index contributed by atoms with van der Waals surface area (Å²) in [5, 5.41) is 14.4. The molecule has 0 rings (SSSR count). The first-order valence-corrected chi connectivity index (χ1v) is 25.4. The highest BCUT2D eigenvalue weighted by atomic mass is 32.2. The van der Waals surface area contributed by atoms with Gasteiger partial charge in [-0.25, -0.2) is 0 Å². The van der Waals surface area contributed by atoms with Crippen molar-refractivity contribution in [2.75, 3.05) is 87.7 Å². The predicted molar refractivity (Wildman–Crippen MR) is 212 cm³/mol. The molecule has 0 aromatic rings. The monoisotopic (exact) mass is 877 g/mol. The average Bonchev–Trinajstić information content (AvgIpc) is 2.95. The molecular formula is C28H71N5O15S5. The van der Waals surface area contributed by atoms with E-state index in [2.05, 4.69) is 47.4 Å². The molecule has 0 atom stereocenters. The maximum absolute atomic E-state index is 10.2. The zero-order chi connectivity index (χ0) is 42.6. The van der Waals surface area contributed by atoms with Crippen LogP contribution in [0.3, 0.4) is 0 Å². The van der Waals surface area contributed by atoms with E-state index in [0.717, 1.165) is 58.3 Å². The fraction of sp³-hybridized carbons (Fsp3) is 1.00. The van der Waals surface area contributed by atoms with E-state index in [1.165, 1.54) is 0 Å². The quantitative estimate of drug-likeness (QED) is 0.0415. The van der Waals surface area contributed by atoms with E-state index in [0.29, 0.717) is 38.6 Å². The third kappa shape index (κ3) is 89.6. The van der Waals surface area contributed by atoms with Gasteiger partial charge in [-0.05, 0) is 51.4 Å². The molecule has 0 aliphatic rings. The van der Waals surface area contributed by atoms with E-state index in [-0.39, 0.29) is 34.8 Å². The molecule has 0 unspecified atom stereocenters. The Morgan fingerprint density at radius 2 is 0.755 bits per heavy atom. The first-order chi connectivity index (χ1) is 24.0. The fourth-order valence-electron chi connectivity index (χ4n) is 2.90. The molecule has 53 heavy (non-hydrogen) atoms. The molecule has 10 N–H and O–H groups in total. The minimum absolute atomic E-state index is 0.195. The highest BCUT2D eigenvalue weighted by molar-refractivity contribution is 7.86. The molecule has 0 saturated heterocycles. The number of hydrogen-bond donors (Lipinski definition) is 10. The van der Waals surface area contributed by atoms with Gasteiger partial charge in [0.15, 0.2) is 0 Å². The average molecular weight is 878 g/mol. The second-order valence-corrected chi connectivity index (χ2v) is 19.9. The molecule has 0 aliphatic heterocycles. The van der Waals surface area contributed by atoms with Crippen LogP contribution in [0.4, 0.5) is 0 Å². The van der Waals surface area contributed by atoms with Gasteiger partial charge in [-0.15, -0.1) is 0 Å². The summed E-state index contributed by atoms with van der Waals surface area (Å²) in [7, 11) is -18.9. The lowest BCUT2D eigenvalue weighted by atomic mass is 10.1. The van der Waals surface area contributed by atoms with Gasteiger partial charge in [0.25, 0.3) is 50.6 Å². The lowest BCUT2D eigenvalue weighted by Gasteiger charge is -2.05. The summed E-state index contributed by atoms with van der Waals surface area (Å²) in [6.07, 6.45) is 5.35. The van der Waals surface area contributed by atoms with E-state index in [9.17, 15) is 42.1 Å². The summed E-state index contributed by atoms with van der Waals surface area (Å²) < 4.78 is 143. The SMILES string of the molecule is CC(C)CCNCCS(=O)(=O)O.CC(C)NCCS(=O)(=O)O.CCCCCNCCS(=O)(=O)O.CCCNCCS(=O)(=O)O.CCNCCS(=O)(=O)O. The van der Waals surface area contributed by atoms with Crippen molar-refractivity contribution in [1.29, 1.82) is 0 Å². The maximum atomic E-state index is 10.2. The zero-order valence-electron chi connectivity index (χ0n) is 32.4. The Hall–Kier alpha value is -0.650. The molecule has 0 heterocycles. The molecule has 328 valence electrons. The molecule has 0 saturated carbocycles. The standard InChI is InChI=1S/2C7H17NO3S.2C5H13NO3S.C4H11NO3S/c1-7(2)3-4-8-5-6-12(9,10)11;1-2-3-4-5-8-6-7-12(9,10)11;1-5(2)6-3-4-10(7,8)9;1-2-3-6-4-5-10(7,8)9;1-2-5-3-4-9(6,7)8/h7-8H,3-6H2,1-2H3,(H,9,10,11);8H,2-7H2,1H3,(H,9,10,11);5-6H,3-4H2,1-2H3,(H,7,8,9);6H,2-5H2,1H3,(H,7,8,9);5H,2-4H2,1H3,(H,6,7,8). The van der Waals surface area contributed by atoms with Crippen LogP contribution in [0, 0.1) is 5.92 Å². The predicted octanol–water partition coefficient (Wildman–Crippen LogP) is 0.394. The van der Waals surface area contributed by atoms with Crippen LogP contribution in [0.25, 0.3) is 0 Å². The fourth-order valence-corrected chi connectivity index (χ4v) is 4.89. The smallest absolute Gasteiger partial charge is 0.266 e. The first-order valence-electron chi connectivity index (χ1n) is 17.3. The molecule has 25 heteroatoms. The third-order valence-corrected chi connectivity index (χ3v) is 9.19. The van der Waals surface area contributed by atoms with Gasteiger partial charge in [0, 0.05) is 38.8 Å². The largest absolute Gasteiger partial charge is 0.316 e. The van der Waals surface area contributed by atoms with Crippen molar-refractivity contribution >= 4 is 50.6 Å². The molecule has 0 bridgehead atoms. The van der Waals surface area contributed by atoms with Crippen molar-refractivity contribution in [2.24, 2.45) is 5.92 Å². The normalized spacial score (nSPS) is 12.0. The highest BCUT2D eigenvalue weighted by Gasteiger charge is 2.05. The van der Waals surface area contributed by atoms with Crippen LogP contribution in [-0.4, -0.2) is 159 Å². The molecule has 0 aromatic heterocycles. The van der Waals surface area contributed by atoms with E-state index in [1.54, 1.807) is 0 Å². The van der Waals surface area contributed by atoms with Crippen LogP contribution in [0.15, 0.2) is 0 Å². The number of hydrogen-bond acceptors (Lipinski definition) is 15. The summed E-state index contributed by atoms with van der Waals surface area (Å²) in [6, 6.07) is 0.252. The number of rotatable bonds is 26. The second kappa shape index (κ2) is 37.0. The van der Waals surface area contributed by atoms with Crippen LogP contribution >= 0.6 is 0 Å². The minimum atomic E-state index is -3.79. The van der Waals surface area contributed by atoms with Crippen LogP contribution in [-0.2, 0) is 50.6 Å². The second-order valence-electron chi connectivity index (χ2n) is 12.0. The van der Waals surface area contributed by atoms with Crippen LogP contribution < -0.4 is 26.6 Å². The summed E-state index contributed by atoms with van der Waals surface area (Å²) in [6.45, 7) is 18.7. The minimum Gasteiger partial charge on any atom is -0.316 e. The third-order valence-electron chi connectivity index (χ3n) is 5.59. The number of unbranched alkanes of at least 4 members (excludes halogenated alkanes) is 2. The van der Waals surface area contributed by atoms with E-state index in [4.69, 9.17) is 22.8 Å². The van der Waals surface area contributed by atoms with Crippen molar-refractivity contribution in [3.63, 3.8) is 0 Å². The van der Waals surface area contributed by atoms with E-state index >= 15 is 0 Å². The Morgan fingerprint density at radius 1 is 0.415 bits per heavy atom. The van der Waals surface area contributed by atoms with Gasteiger partial charge in [0.1, 0.15) is 0 Å². The summed E-state index contributed by atoms with van der Waals surface area (Å²) in [5.41, 5.74) is 0. The maximum Gasteiger partial charge on any atom is 0.266 e. The molecule has 0 fully saturated rings. The van der Waals surface area contributed by atoms with Crippen molar-refractivity contribution < 1.29 is 64.9 Å². The molecule has 0 aromatic carbocycles. The lowest BCUT2D eigenvalue weighted by Crippen LogP contribution is -2.28. The highest BCUT2D eigenvalue weighted by Crippen LogP contribution is 1.96. The Bertz CT molecular complexity index is 1360. The topological polar surface area (TPSA) is 332 Å². The van der Waals surface area contributed by atoms with Crippen LogP contribution in [0.1, 0.15) is 80.6 Å². The number of nitrogens with one attached hydrogen (secondary N) is 5. The molecule has 0 radical (unpaired) electrons. The summed E-state index contributed by atoms with van der Waals surface area (Å²) >= 11 is 0. The lowest BCUT2D eigenvalue weighted by molar-refractivity contribution is 0.476. The zero-order valence-corrected chi connectivity index (χ0v) is 36.5. The van der Waals surface area contributed by atoms with Crippen molar-refractivity contribution in [2.45, 2.75) is 86.6 Å². The van der Waals surface area contributed by atoms with Gasteiger partial charge in [0.2, 0.25) is 0 Å². The van der Waals surface area contributed by atoms with E-state index in [1.807, 2.05) is 27.7 Å². The Balaban J connectivity index is -0.000000182. The summed E-state index contributed by atoms with van der Waals surface area (Å²) in [4.78, 5) is 0. The van der Waals surface area contributed by atoms with Crippen LogP contribution in [0.2, 0.25) is 0 Å². The Kier molecular flexibility index (Phi) is 42.9. The van der Waals surface area contributed by atoms with Crippen LogP contribution in [0.5, 0.6) is 0 Å². The van der Waals surface area contributed by atoms with Gasteiger partial charge >= 0.3 is 0 Å². The van der Waals surface area contributed by atoms with Gasteiger partial charge in [-0.2, -0.15) is 42.1 Å².